The number of benzene rings is 2. The average Bonchev–Trinajstić information content (AvgIpc) is 2.58. The number of allylic oxidation sites excluding steroid dienone is 1. The van der Waals surface area contributed by atoms with Crippen LogP contribution in [0.25, 0.3) is 6.08 Å². The van der Waals surface area contributed by atoms with Crippen molar-refractivity contribution in [3.05, 3.63) is 71.3 Å². The van der Waals surface area contributed by atoms with Crippen LogP contribution in [0, 0.1) is 5.92 Å². The van der Waals surface area contributed by atoms with Crippen molar-refractivity contribution in [1.29, 1.82) is 0 Å². The highest BCUT2D eigenvalue weighted by Crippen LogP contribution is 2.47. The van der Waals surface area contributed by atoms with Crippen molar-refractivity contribution in [2.24, 2.45) is 5.92 Å². The topological polar surface area (TPSA) is 26.3 Å². The van der Waals surface area contributed by atoms with E-state index in [2.05, 4.69) is 24.3 Å². The van der Waals surface area contributed by atoms with E-state index in [9.17, 15) is 4.79 Å². The molecule has 22 heavy (non-hydrogen) atoms. The number of hydrogen-bond acceptors (Lipinski definition) is 2. The van der Waals surface area contributed by atoms with Crippen molar-refractivity contribution in [3.8, 4) is 5.75 Å². The van der Waals surface area contributed by atoms with Gasteiger partial charge in [-0.3, -0.25) is 4.79 Å². The zero-order chi connectivity index (χ0) is 14.9. The van der Waals surface area contributed by atoms with E-state index in [0.717, 1.165) is 28.9 Å². The number of para-hydroxylation sites is 1. The van der Waals surface area contributed by atoms with Gasteiger partial charge in [-0.05, 0) is 24.1 Å². The minimum Gasteiger partial charge on any atom is -0.493 e. The number of hydrogen-bond donors (Lipinski definition) is 0. The number of rotatable bonds is 1. The van der Waals surface area contributed by atoms with Crippen molar-refractivity contribution >= 4 is 11.9 Å². The van der Waals surface area contributed by atoms with Crippen LogP contribution in [0.5, 0.6) is 5.75 Å². The largest absolute Gasteiger partial charge is 0.493 e. The van der Waals surface area contributed by atoms with Gasteiger partial charge in [-0.2, -0.15) is 0 Å². The van der Waals surface area contributed by atoms with Crippen molar-refractivity contribution in [1.82, 2.24) is 0 Å². The third-order valence-corrected chi connectivity index (χ3v) is 4.70. The molecule has 1 aliphatic heterocycles. The first kappa shape index (κ1) is 13.3. The van der Waals surface area contributed by atoms with Gasteiger partial charge < -0.3 is 4.74 Å². The van der Waals surface area contributed by atoms with Crippen LogP contribution in [0.3, 0.4) is 0 Å². The standard InChI is InChI=1S/C20H18O2/c21-18-11-10-15-13-22-19-9-5-4-8-16(19)20(15)17(18)12-14-6-2-1-3-7-14/h1-9,12,15,20H,10-11,13H2/b17-12+/t15-,20-/m0/s1. The van der Waals surface area contributed by atoms with Crippen LogP contribution in [0.1, 0.15) is 29.9 Å². The Balaban J connectivity index is 1.83. The van der Waals surface area contributed by atoms with Gasteiger partial charge in [-0.15, -0.1) is 0 Å². The molecule has 1 fully saturated rings. The number of carbonyl (C=O) groups is 1. The van der Waals surface area contributed by atoms with E-state index in [1.54, 1.807) is 0 Å². The summed E-state index contributed by atoms with van der Waals surface area (Å²) in [7, 11) is 0. The van der Waals surface area contributed by atoms with E-state index in [0.29, 0.717) is 18.9 Å². The third-order valence-electron chi connectivity index (χ3n) is 4.70. The molecule has 0 saturated heterocycles. The van der Waals surface area contributed by atoms with Gasteiger partial charge in [-0.25, -0.2) is 0 Å². The van der Waals surface area contributed by atoms with E-state index in [1.165, 1.54) is 0 Å². The van der Waals surface area contributed by atoms with E-state index in [-0.39, 0.29) is 11.7 Å². The second-order valence-electron chi connectivity index (χ2n) is 6.06. The molecule has 1 saturated carbocycles. The molecule has 2 nitrogen and oxygen atoms in total. The Morgan fingerprint density at radius 2 is 1.77 bits per heavy atom. The summed E-state index contributed by atoms with van der Waals surface area (Å²) in [5.41, 5.74) is 3.20. The number of ether oxygens (including phenoxy) is 1. The van der Waals surface area contributed by atoms with E-state index >= 15 is 0 Å². The molecular formula is C20H18O2. The molecule has 2 aromatic carbocycles. The second kappa shape index (κ2) is 5.45. The molecule has 0 unspecified atom stereocenters. The molecule has 0 N–H and O–H groups in total. The molecule has 1 heterocycles. The van der Waals surface area contributed by atoms with E-state index in [4.69, 9.17) is 4.74 Å². The van der Waals surface area contributed by atoms with Gasteiger partial charge >= 0.3 is 0 Å². The molecule has 0 radical (unpaired) electrons. The average molecular weight is 290 g/mol. The lowest BCUT2D eigenvalue weighted by Gasteiger charge is -2.38. The maximum Gasteiger partial charge on any atom is 0.159 e. The SMILES string of the molecule is O=C1CC[C@H]2COc3ccccc3[C@H]2/C1=C/c1ccccc1. The summed E-state index contributed by atoms with van der Waals surface area (Å²) in [5, 5.41) is 0. The van der Waals surface area contributed by atoms with E-state index < -0.39 is 0 Å². The summed E-state index contributed by atoms with van der Waals surface area (Å²) in [6, 6.07) is 18.2. The van der Waals surface area contributed by atoms with Gasteiger partial charge in [0.1, 0.15) is 5.75 Å². The minimum atomic E-state index is 0.173. The normalized spacial score (nSPS) is 25.3. The Morgan fingerprint density at radius 1 is 1.00 bits per heavy atom. The molecule has 2 aliphatic rings. The summed E-state index contributed by atoms with van der Waals surface area (Å²) in [5.74, 6) is 1.79. The second-order valence-corrected chi connectivity index (χ2v) is 6.06. The fraction of sp³-hybridized carbons (Fsp3) is 0.250. The number of Topliss-reactive ketones (excluding diaryl/α,β-unsaturated/α-hetero) is 1. The predicted molar refractivity (Wildman–Crippen MR) is 86.8 cm³/mol. The molecule has 4 rings (SSSR count). The van der Waals surface area contributed by atoms with Crippen LogP contribution < -0.4 is 4.74 Å². The van der Waals surface area contributed by atoms with Crippen molar-refractivity contribution in [2.75, 3.05) is 6.61 Å². The highest BCUT2D eigenvalue weighted by Gasteiger charge is 2.39. The molecule has 2 aromatic rings. The minimum absolute atomic E-state index is 0.173. The molecule has 2 heteroatoms. The summed E-state index contributed by atoms with van der Waals surface area (Å²) >= 11 is 0. The Labute approximate surface area is 130 Å². The molecule has 0 aromatic heterocycles. The van der Waals surface area contributed by atoms with E-state index in [1.807, 2.05) is 36.4 Å². The lowest BCUT2D eigenvalue weighted by Crippen LogP contribution is -2.33. The fourth-order valence-electron chi connectivity index (χ4n) is 3.62. The molecular weight excluding hydrogens is 272 g/mol. The maximum atomic E-state index is 12.6. The fourth-order valence-corrected chi connectivity index (χ4v) is 3.62. The van der Waals surface area contributed by atoms with Crippen molar-refractivity contribution in [3.63, 3.8) is 0 Å². The Morgan fingerprint density at radius 3 is 2.64 bits per heavy atom. The number of ketones is 1. The van der Waals surface area contributed by atoms with Crippen LogP contribution >= 0.6 is 0 Å². The lowest BCUT2D eigenvalue weighted by molar-refractivity contribution is -0.117. The first-order valence-corrected chi connectivity index (χ1v) is 7.84. The molecule has 0 amide bonds. The van der Waals surface area contributed by atoms with Crippen molar-refractivity contribution in [2.45, 2.75) is 18.8 Å². The van der Waals surface area contributed by atoms with Gasteiger partial charge in [0, 0.05) is 29.4 Å². The van der Waals surface area contributed by atoms with Gasteiger partial charge in [0.2, 0.25) is 0 Å². The maximum absolute atomic E-state index is 12.6. The Kier molecular flexibility index (Phi) is 3.30. The summed E-state index contributed by atoms with van der Waals surface area (Å²) in [6.07, 6.45) is 3.62. The van der Waals surface area contributed by atoms with Crippen LogP contribution in [-0.4, -0.2) is 12.4 Å². The molecule has 110 valence electrons. The number of fused-ring (bicyclic) bond motifs is 3. The first-order chi connectivity index (χ1) is 10.8. The van der Waals surface area contributed by atoms with Crippen molar-refractivity contribution < 1.29 is 9.53 Å². The van der Waals surface area contributed by atoms with Gasteiger partial charge in [0.15, 0.2) is 5.78 Å². The molecule has 2 atom stereocenters. The smallest absolute Gasteiger partial charge is 0.159 e. The summed E-state index contributed by atoms with van der Waals surface area (Å²) < 4.78 is 5.89. The highest BCUT2D eigenvalue weighted by atomic mass is 16.5. The predicted octanol–water partition coefficient (Wildman–Crippen LogP) is 4.23. The first-order valence-electron chi connectivity index (χ1n) is 7.84. The molecule has 0 bridgehead atoms. The van der Waals surface area contributed by atoms with Crippen LogP contribution in [-0.2, 0) is 4.79 Å². The lowest BCUT2D eigenvalue weighted by atomic mass is 9.70. The van der Waals surface area contributed by atoms with Crippen LogP contribution in [0.4, 0.5) is 0 Å². The van der Waals surface area contributed by atoms with Gasteiger partial charge in [0.25, 0.3) is 0 Å². The highest BCUT2D eigenvalue weighted by molar-refractivity contribution is 6.02. The van der Waals surface area contributed by atoms with Gasteiger partial charge in [-0.1, -0.05) is 48.5 Å². The Bertz CT molecular complexity index is 730. The molecule has 1 aliphatic carbocycles. The van der Waals surface area contributed by atoms with Crippen LogP contribution in [0.15, 0.2) is 60.2 Å². The number of carbonyl (C=O) groups excluding carboxylic acids is 1. The zero-order valence-corrected chi connectivity index (χ0v) is 12.4. The Hall–Kier alpha value is -2.35. The third kappa shape index (κ3) is 2.25. The van der Waals surface area contributed by atoms with Crippen LogP contribution in [0.2, 0.25) is 0 Å². The summed E-state index contributed by atoms with van der Waals surface area (Å²) in [4.78, 5) is 12.6. The molecule has 0 spiro atoms. The quantitative estimate of drug-likeness (QED) is 0.735. The summed E-state index contributed by atoms with van der Waals surface area (Å²) in [6.45, 7) is 0.709. The monoisotopic (exact) mass is 290 g/mol. The zero-order valence-electron chi connectivity index (χ0n) is 12.4. The van der Waals surface area contributed by atoms with Gasteiger partial charge in [0.05, 0.1) is 6.61 Å².